The Morgan fingerprint density at radius 1 is 1.19 bits per heavy atom. The summed E-state index contributed by atoms with van der Waals surface area (Å²) in [6.07, 6.45) is 4.26. The molecule has 1 saturated carbocycles. The number of fused-ring (bicyclic) bond motifs is 1. The van der Waals surface area contributed by atoms with E-state index in [0.29, 0.717) is 12.2 Å². The number of anilines is 1. The monoisotopic (exact) mass is 448 g/mol. The molecule has 2 aliphatic rings. The average molecular weight is 449 g/mol. The van der Waals surface area contributed by atoms with Crippen molar-refractivity contribution in [2.45, 2.75) is 64.6 Å². The Kier molecular flexibility index (Phi) is 5.16. The van der Waals surface area contributed by atoms with Gasteiger partial charge in [-0.1, -0.05) is 31.0 Å². The summed E-state index contributed by atoms with van der Waals surface area (Å²) in [6.45, 7) is 6.17. The third-order valence-electron chi connectivity index (χ3n) is 6.71. The highest BCUT2D eigenvalue weighted by molar-refractivity contribution is 7.13. The third-order valence-corrected chi connectivity index (χ3v) is 7.60. The van der Waals surface area contributed by atoms with Crippen LogP contribution in [-0.2, 0) is 11.3 Å². The summed E-state index contributed by atoms with van der Waals surface area (Å²) in [5, 5.41) is 9.95. The summed E-state index contributed by atoms with van der Waals surface area (Å²) in [6, 6.07) is 12.0. The summed E-state index contributed by atoms with van der Waals surface area (Å²) in [7, 11) is 0. The topological polar surface area (TPSA) is 67.2 Å². The lowest BCUT2D eigenvalue weighted by atomic mass is 9.92. The van der Waals surface area contributed by atoms with Gasteiger partial charge in [0.25, 0.3) is 5.91 Å². The predicted molar refractivity (Wildman–Crippen MR) is 127 cm³/mol. The lowest BCUT2D eigenvalue weighted by molar-refractivity contribution is -0.127. The Hall–Kier alpha value is -2.93. The van der Waals surface area contributed by atoms with Crippen LogP contribution in [0.25, 0.3) is 10.6 Å². The van der Waals surface area contributed by atoms with Crippen molar-refractivity contribution in [1.29, 1.82) is 0 Å². The molecule has 2 aromatic heterocycles. The van der Waals surface area contributed by atoms with Crippen molar-refractivity contribution in [3.05, 3.63) is 58.6 Å². The zero-order valence-electron chi connectivity index (χ0n) is 18.7. The molecule has 32 heavy (non-hydrogen) atoms. The summed E-state index contributed by atoms with van der Waals surface area (Å²) >= 11 is 1.59. The highest BCUT2D eigenvalue weighted by Crippen LogP contribution is 2.37. The van der Waals surface area contributed by atoms with Gasteiger partial charge < -0.3 is 5.32 Å². The Morgan fingerprint density at radius 2 is 1.97 bits per heavy atom. The van der Waals surface area contributed by atoms with Gasteiger partial charge in [-0.15, -0.1) is 11.3 Å². The molecule has 5 rings (SSSR count). The molecule has 6 nitrogen and oxygen atoms in total. The van der Waals surface area contributed by atoms with E-state index in [0.717, 1.165) is 53.1 Å². The number of aromatic nitrogens is 2. The van der Waals surface area contributed by atoms with Gasteiger partial charge in [0.05, 0.1) is 11.4 Å². The van der Waals surface area contributed by atoms with E-state index in [1.807, 2.05) is 62.5 Å². The van der Waals surface area contributed by atoms with Crippen LogP contribution < -0.4 is 10.2 Å². The molecular weight excluding hydrogens is 420 g/mol. The molecule has 0 radical (unpaired) electrons. The third kappa shape index (κ3) is 3.45. The quantitative estimate of drug-likeness (QED) is 0.629. The van der Waals surface area contributed by atoms with E-state index in [2.05, 4.69) is 5.32 Å². The number of benzene rings is 1. The second-order valence-electron chi connectivity index (χ2n) is 9.21. The zero-order valence-corrected chi connectivity index (χ0v) is 19.5. The van der Waals surface area contributed by atoms with Crippen molar-refractivity contribution in [1.82, 2.24) is 15.1 Å². The highest BCUT2D eigenvalue weighted by atomic mass is 32.1. The first-order valence-electron chi connectivity index (χ1n) is 11.2. The van der Waals surface area contributed by atoms with E-state index in [4.69, 9.17) is 5.10 Å². The molecule has 1 aromatic carbocycles. The van der Waals surface area contributed by atoms with Crippen molar-refractivity contribution in [2.75, 3.05) is 4.90 Å². The lowest BCUT2D eigenvalue weighted by Crippen LogP contribution is -2.65. The first-order valence-corrected chi connectivity index (χ1v) is 12.1. The first kappa shape index (κ1) is 20.9. The minimum Gasteiger partial charge on any atom is -0.351 e. The van der Waals surface area contributed by atoms with Crippen molar-refractivity contribution in [2.24, 2.45) is 0 Å². The minimum absolute atomic E-state index is 0.113. The molecule has 0 bridgehead atoms. The van der Waals surface area contributed by atoms with Gasteiger partial charge in [0.15, 0.2) is 0 Å². The minimum atomic E-state index is -1.08. The number of amides is 2. The van der Waals surface area contributed by atoms with Crippen molar-refractivity contribution in [3.8, 4) is 10.6 Å². The lowest BCUT2D eigenvalue weighted by Gasteiger charge is -2.44. The van der Waals surface area contributed by atoms with E-state index in [-0.39, 0.29) is 17.9 Å². The van der Waals surface area contributed by atoms with Gasteiger partial charge in [-0.2, -0.15) is 5.10 Å². The van der Waals surface area contributed by atoms with Crippen LogP contribution in [0.2, 0.25) is 0 Å². The largest absolute Gasteiger partial charge is 0.351 e. The molecule has 7 heteroatoms. The fourth-order valence-corrected chi connectivity index (χ4v) is 5.56. The van der Waals surface area contributed by atoms with Crippen LogP contribution in [0.15, 0.2) is 41.8 Å². The van der Waals surface area contributed by atoms with Gasteiger partial charge in [-0.05, 0) is 68.3 Å². The van der Waals surface area contributed by atoms with E-state index in [1.54, 1.807) is 20.9 Å². The molecule has 166 valence electrons. The van der Waals surface area contributed by atoms with Gasteiger partial charge in [-0.25, -0.2) is 0 Å². The Bertz CT molecular complexity index is 1180. The molecule has 3 aromatic rings. The van der Waals surface area contributed by atoms with E-state index in [9.17, 15) is 9.59 Å². The summed E-state index contributed by atoms with van der Waals surface area (Å²) in [4.78, 5) is 30.3. The molecule has 1 aliphatic carbocycles. The summed E-state index contributed by atoms with van der Waals surface area (Å²) in [5.41, 5.74) is 3.00. The van der Waals surface area contributed by atoms with Crippen molar-refractivity contribution in [3.63, 3.8) is 0 Å². The van der Waals surface area contributed by atoms with Crippen LogP contribution >= 0.6 is 11.3 Å². The maximum absolute atomic E-state index is 13.9. The molecule has 0 saturated heterocycles. The van der Waals surface area contributed by atoms with Crippen LogP contribution in [0.4, 0.5) is 5.69 Å². The number of carbonyl (C=O) groups is 2. The molecule has 0 unspecified atom stereocenters. The fraction of sp³-hybridized carbons (Fsp3) is 0.400. The van der Waals surface area contributed by atoms with Gasteiger partial charge in [0.2, 0.25) is 5.91 Å². The van der Waals surface area contributed by atoms with Crippen molar-refractivity contribution < 1.29 is 9.59 Å². The van der Waals surface area contributed by atoms with E-state index in [1.165, 1.54) is 0 Å². The van der Waals surface area contributed by atoms with Gasteiger partial charge in [0, 0.05) is 11.7 Å². The second kappa shape index (κ2) is 7.89. The maximum Gasteiger partial charge on any atom is 0.277 e. The van der Waals surface area contributed by atoms with Gasteiger partial charge in [-0.3, -0.25) is 19.2 Å². The smallest absolute Gasteiger partial charge is 0.277 e. The number of rotatable bonds is 4. The van der Waals surface area contributed by atoms with Crippen LogP contribution in [0.1, 0.15) is 54.2 Å². The number of carbonyl (C=O) groups excluding carboxylic acids is 2. The normalized spacial score (nSPS) is 21.1. The van der Waals surface area contributed by atoms with Crippen LogP contribution in [-0.4, -0.2) is 33.2 Å². The number of nitrogens with one attached hydrogen (secondary N) is 1. The highest BCUT2D eigenvalue weighted by Gasteiger charge is 2.49. The van der Waals surface area contributed by atoms with Crippen LogP contribution in [0.3, 0.4) is 0 Å². The number of hydrogen-bond donors (Lipinski definition) is 1. The molecule has 1 N–H and O–H groups in total. The van der Waals surface area contributed by atoms with E-state index >= 15 is 0 Å². The Labute approximate surface area is 192 Å². The Morgan fingerprint density at radius 3 is 2.69 bits per heavy atom. The van der Waals surface area contributed by atoms with Crippen molar-refractivity contribution >= 4 is 28.8 Å². The SMILES string of the molecule is Cc1ccc(C)c(N2C(=O)c3cc(-c4cccs4)nn3C[C@@]2(C)C(=O)NC2CCCC2)c1. The Balaban J connectivity index is 1.61. The molecule has 1 atom stereocenters. The number of hydrogen-bond acceptors (Lipinski definition) is 4. The fourth-order valence-electron chi connectivity index (χ4n) is 4.88. The van der Waals surface area contributed by atoms with Gasteiger partial charge >= 0.3 is 0 Å². The molecule has 1 aliphatic heterocycles. The maximum atomic E-state index is 13.9. The average Bonchev–Trinajstić information content (AvgIpc) is 3.51. The van der Waals surface area contributed by atoms with Crippen LogP contribution in [0, 0.1) is 13.8 Å². The number of thiophene rings is 1. The molecule has 1 fully saturated rings. The van der Waals surface area contributed by atoms with Crippen LogP contribution in [0.5, 0.6) is 0 Å². The molecule has 3 heterocycles. The zero-order chi connectivity index (χ0) is 22.5. The summed E-state index contributed by atoms with van der Waals surface area (Å²) < 4.78 is 1.72. The predicted octanol–water partition coefficient (Wildman–Crippen LogP) is 4.71. The molecule has 2 amide bonds. The second-order valence-corrected chi connectivity index (χ2v) is 10.2. The summed E-state index contributed by atoms with van der Waals surface area (Å²) in [5.74, 6) is -0.304. The molecule has 0 spiro atoms. The number of nitrogens with zero attached hydrogens (tertiary/aromatic N) is 3. The number of aryl methyl sites for hydroxylation is 2. The van der Waals surface area contributed by atoms with E-state index < -0.39 is 5.54 Å². The standard InChI is InChI=1S/C25H28N4O2S/c1-16-10-11-17(2)20(13-16)29-23(30)21-14-19(22-9-6-12-32-22)27-28(21)15-25(29,3)24(31)26-18-7-4-5-8-18/h6,9-14,18H,4-5,7-8,15H2,1-3H3,(H,26,31)/t25-/m0/s1. The van der Waals surface area contributed by atoms with Gasteiger partial charge in [0.1, 0.15) is 16.9 Å². The first-order chi connectivity index (χ1) is 15.4. The molecular formula is C25H28N4O2S.